The molecule has 1 heterocycles. The molecule has 1 aromatic carbocycles. The van der Waals surface area contributed by atoms with Crippen LogP contribution < -0.4 is 5.46 Å². The Morgan fingerprint density at radius 3 is 2.38 bits per heavy atom. The smallest absolute Gasteiger partial charge is 0.309 e. The van der Waals surface area contributed by atoms with E-state index in [0.29, 0.717) is 33.0 Å². The van der Waals surface area contributed by atoms with Gasteiger partial charge >= 0.3 is 7.48 Å². The molecule has 2 unspecified atom stereocenters. The lowest BCUT2D eigenvalue weighted by Crippen LogP contribution is -2.49. The molecule has 1 N–H and O–H groups in total. The number of amides is 1. The van der Waals surface area contributed by atoms with Crippen molar-refractivity contribution in [3.63, 3.8) is 0 Å². The van der Waals surface area contributed by atoms with Gasteiger partial charge in [-0.05, 0) is 74.8 Å². The predicted molar refractivity (Wildman–Crippen MR) is 134 cm³/mol. The summed E-state index contributed by atoms with van der Waals surface area (Å²) >= 11 is 0. The van der Waals surface area contributed by atoms with Crippen LogP contribution in [0.15, 0.2) is 18.2 Å². The van der Waals surface area contributed by atoms with Gasteiger partial charge in [-0.2, -0.15) is 0 Å². The highest BCUT2D eigenvalue weighted by molar-refractivity contribution is 6.74. The van der Waals surface area contributed by atoms with E-state index in [0.717, 1.165) is 6.42 Å². The van der Waals surface area contributed by atoms with Gasteiger partial charge in [0.2, 0.25) is 5.91 Å². The molecule has 2 aliphatic rings. The molecule has 1 fully saturated rings. The second-order valence-corrected chi connectivity index (χ2v) is 17.0. The van der Waals surface area contributed by atoms with Gasteiger partial charge in [-0.25, -0.2) is 0 Å². The van der Waals surface area contributed by atoms with Crippen molar-refractivity contribution in [2.24, 2.45) is 5.92 Å². The summed E-state index contributed by atoms with van der Waals surface area (Å²) in [5.74, 6) is 0.572. The molecule has 3 rings (SSSR count). The van der Waals surface area contributed by atoms with Crippen LogP contribution in [-0.2, 0) is 20.3 Å². The maximum Gasteiger partial charge on any atom is 0.309 e. The summed E-state index contributed by atoms with van der Waals surface area (Å²) in [4.78, 5) is 14.9. The monoisotopic (exact) mass is 459 g/mol. The SMILES string of the molecule is CC(C)(O)C(C)(C)OBc1cccc2c1CC1CC(=O)N(CCO[Si](C)(C)C(C)(C)C)C21. The van der Waals surface area contributed by atoms with Crippen molar-refractivity contribution in [3.8, 4) is 0 Å². The third-order valence-corrected chi connectivity index (χ3v) is 12.8. The van der Waals surface area contributed by atoms with Gasteiger partial charge < -0.3 is 19.1 Å². The Hall–Kier alpha value is -1.15. The van der Waals surface area contributed by atoms with Crippen molar-refractivity contribution in [1.29, 1.82) is 0 Å². The number of carbonyl (C=O) groups is 1. The number of carbonyl (C=O) groups excluding carboxylic acids is 1. The van der Waals surface area contributed by atoms with Gasteiger partial charge in [-0.15, -0.1) is 0 Å². The van der Waals surface area contributed by atoms with Gasteiger partial charge in [0.1, 0.15) is 0 Å². The lowest BCUT2D eigenvalue weighted by molar-refractivity contribution is -0.129. The summed E-state index contributed by atoms with van der Waals surface area (Å²) in [7, 11) is -1.37. The second kappa shape index (κ2) is 8.57. The van der Waals surface area contributed by atoms with Crippen LogP contribution in [0.25, 0.3) is 0 Å². The third kappa shape index (κ3) is 4.86. The lowest BCUT2D eigenvalue weighted by atomic mass is 9.79. The molecule has 5 nitrogen and oxygen atoms in total. The van der Waals surface area contributed by atoms with E-state index >= 15 is 0 Å². The van der Waals surface area contributed by atoms with Crippen LogP contribution in [0.2, 0.25) is 18.1 Å². The molecule has 0 saturated carbocycles. The van der Waals surface area contributed by atoms with E-state index in [1.165, 1.54) is 16.6 Å². The summed E-state index contributed by atoms with van der Waals surface area (Å²) in [6.45, 7) is 19.9. The number of hydrogen-bond donors (Lipinski definition) is 1. The van der Waals surface area contributed by atoms with E-state index in [9.17, 15) is 9.90 Å². The van der Waals surface area contributed by atoms with Gasteiger partial charge in [0.05, 0.1) is 23.9 Å². The molecule has 1 aliphatic heterocycles. The Balaban J connectivity index is 1.73. The molecule has 178 valence electrons. The van der Waals surface area contributed by atoms with Gasteiger partial charge in [0, 0.05) is 13.0 Å². The topological polar surface area (TPSA) is 59.0 Å². The Morgan fingerprint density at radius 1 is 1.12 bits per heavy atom. The average molecular weight is 460 g/mol. The zero-order valence-electron chi connectivity index (χ0n) is 21.5. The molecule has 1 aromatic rings. The first-order valence-corrected chi connectivity index (χ1v) is 14.9. The number of fused-ring (bicyclic) bond motifs is 3. The van der Waals surface area contributed by atoms with E-state index in [1.54, 1.807) is 13.8 Å². The van der Waals surface area contributed by atoms with Crippen LogP contribution in [-0.4, -0.2) is 56.1 Å². The van der Waals surface area contributed by atoms with Crippen LogP contribution in [0.1, 0.15) is 72.1 Å². The fraction of sp³-hybridized carbons (Fsp3) is 0.720. The van der Waals surface area contributed by atoms with Crippen molar-refractivity contribution < 1.29 is 19.0 Å². The molecule has 1 aliphatic carbocycles. The van der Waals surface area contributed by atoms with Crippen molar-refractivity contribution in [2.45, 2.75) is 96.7 Å². The van der Waals surface area contributed by atoms with Crippen LogP contribution in [0, 0.1) is 5.92 Å². The van der Waals surface area contributed by atoms with Gasteiger partial charge in [-0.3, -0.25) is 4.79 Å². The summed E-state index contributed by atoms with van der Waals surface area (Å²) in [5, 5.41) is 10.6. The Kier molecular flexibility index (Phi) is 6.82. The van der Waals surface area contributed by atoms with Crippen molar-refractivity contribution >= 4 is 27.2 Å². The van der Waals surface area contributed by atoms with E-state index in [2.05, 4.69) is 57.0 Å². The Labute approximate surface area is 196 Å². The molecule has 1 saturated heterocycles. The number of rotatable bonds is 8. The maximum absolute atomic E-state index is 12.8. The van der Waals surface area contributed by atoms with Crippen LogP contribution in [0.3, 0.4) is 0 Å². The summed E-state index contributed by atoms with van der Waals surface area (Å²) in [6.07, 6.45) is 1.52. The first-order chi connectivity index (χ1) is 14.6. The maximum atomic E-state index is 12.8. The van der Waals surface area contributed by atoms with Crippen LogP contribution in [0.5, 0.6) is 0 Å². The molecule has 1 amide bonds. The van der Waals surface area contributed by atoms with Crippen molar-refractivity contribution in [2.75, 3.05) is 13.2 Å². The fourth-order valence-corrected chi connectivity index (χ4v) is 5.40. The number of likely N-dealkylation sites (tertiary alicyclic amines) is 1. The van der Waals surface area contributed by atoms with E-state index in [1.807, 2.05) is 13.8 Å². The zero-order valence-corrected chi connectivity index (χ0v) is 22.5. The number of hydrogen-bond acceptors (Lipinski definition) is 4. The minimum Gasteiger partial charge on any atom is -0.427 e. The van der Waals surface area contributed by atoms with E-state index < -0.39 is 19.5 Å². The lowest BCUT2D eigenvalue weighted by Gasteiger charge is -2.37. The Bertz CT molecular complexity index is 856. The van der Waals surface area contributed by atoms with E-state index in [4.69, 9.17) is 9.08 Å². The van der Waals surface area contributed by atoms with Crippen molar-refractivity contribution in [3.05, 3.63) is 29.3 Å². The number of benzene rings is 1. The normalized spacial score (nSPS) is 21.7. The molecule has 0 spiro atoms. The second-order valence-electron chi connectivity index (χ2n) is 12.2. The highest BCUT2D eigenvalue weighted by Gasteiger charge is 2.46. The Morgan fingerprint density at radius 2 is 1.78 bits per heavy atom. The number of nitrogens with zero attached hydrogens (tertiary/aromatic N) is 1. The molecular formula is C25H42BNO4Si. The van der Waals surface area contributed by atoms with Crippen LogP contribution >= 0.6 is 0 Å². The summed E-state index contributed by atoms with van der Waals surface area (Å²) in [5.41, 5.74) is 2.15. The molecule has 7 heteroatoms. The summed E-state index contributed by atoms with van der Waals surface area (Å²) < 4.78 is 12.5. The van der Waals surface area contributed by atoms with Gasteiger partial charge in [0.25, 0.3) is 0 Å². The third-order valence-electron chi connectivity index (χ3n) is 8.30. The largest absolute Gasteiger partial charge is 0.427 e. The molecule has 0 aromatic heterocycles. The van der Waals surface area contributed by atoms with Crippen LogP contribution in [0.4, 0.5) is 0 Å². The van der Waals surface area contributed by atoms with Crippen molar-refractivity contribution in [1.82, 2.24) is 4.90 Å². The minimum absolute atomic E-state index is 0.141. The molecular weight excluding hydrogens is 417 g/mol. The van der Waals surface area contributed by atoms with E-state index in [-0.39, 0.29) is 17.0 Å². The fourth-order valence-electron chi connectivity index (χ4n) is 4.36. The number of aliphatic hydroxyl groups is 1. The van der Waals surface area contributed by atoms with Gasteiger partial charge in [0.15, 0.2) is 8.32 Å². The average Bonchev–Trinajstić information content (AvgIpc) is 3.14. The highest BCUT2D eigenvalue weighted by Crippen LogP contribution is 2.46. The first kappa shape index (κ1) is 25.5. The first-order valence-electron chi connectivity index (χ1n) is 12.0. The molecule has 2 atom stereocenters. The zero-order chi connectivity index (χ0) is 24.1. The molecule has 32 heavy (non-hydrogen) atoms. The molecule has 0 bridgehead atoms. The molecule has 0 radical (unpaired) electrons. The standard InChI is InChI=1S/C25H42BNO4Si/c1-23(2,3)32(8,9)30-14-13-27-21(28)16-17-15-19-18(22(17)27)11-10-12-20(19)26-31-25(6,7)24(4,5)29/h10-12,17,22,26,29H,13-16H2,1-9H3. The quantitative estimate of drug-likeness (QED) is 0.603. The summed E-state index contributed by atoms with van der Waals surface area (Å²) in [6, 6.07) is 6.50. The minimum atomic E-state index is -1.83. The predicted octanol–water partition coefficient (Wildman–Crippen LogP) is 3.70. The highest BCUT2D eigenvalue weighted by atomic mass is 28.4. The van der Waals surface area contributed by atoms with Gasteiger partial charge in [-0.1, -0.05) is 39.0 Å².